The van der Waals surface area contributed by atoms with E-state index in [1.165, 1.54) is 12.1 Å². The van der Waals surface area contributed by atoms with E-state index in [9.17, 15) is 4.79 Å². The maximum absolute atomic E-state index is 12.5. The fourth-order valence-corrected chi connectivity index (χ4v) is 4.04. The van der Waals surface area contributed by atoms with Crippen LogP contribution in [-0.2, 0) is 0 Å². The van der Waals surface area contributed by atoms with E-state index in [0.717, 1.165) is 62.8 Å². The van der Waals surface area contributed by atoms with E-state index in [1.54, 1.807) is 0 Å². The maximum Gasteiger partial charge on any atom is 0.272 e. The van der Waals surface area contributed by atoms with Gasteiger partial charge >= 0.3 is 0 Å². The van der Waals surface area contributed by atoms with Crippen molar-refractivity contribution in [2.45, 2.75) is 19.3 Å². The Morgan fingerprint density at radius 1 is 0.852 bits per heavy atom. The Labute approximate surface area is 165 Å². The van der Waals surface area contributed by atoms with Gasteiger partial charge in [0.05, 0.1) is 11.9 Å². The van der Waals surface area contributed by atoms with Crippen molar-refractivity contribution in [1.82, 2.24) is 9.88 Å². The van der Waals surface area contributed by atoms with E-state index in [1.807, 2.05) is 41.4 Å². The summed E-state index contributed by atoms with van der Waals surface area (Å²) >= 11 is 6.11. The quantitative estimate of drug-likeness (QED) is 0.809. The molecule has 2 aliphatic heterocycles. The van der Waals surface area contributed by atoms with Crippen molar-refractivity contribution in [2.24, 2.45) is 0 Å². The van der Waals surface area contributed by atoms with Crippen LogP contribution in [0, 0.1) is 0 Å². The van der Waals surface area contributed by atoms with Gasteiger partial charge in [0.1, 0.15) is 5.69 Å². The number of piperazine rings is 1. The van der Waals surface area contributed by atoms with Gasteiger partial charge in [0, 0.05) is 50.0 Å². The number of hydrogen-bond acceptors (Lipinski definition) is 4. The normalized spacial score (nSPS) is 17.9. The number of rotatable bonds is 3. The van der Waals surface area contributed by atoms with E-state index < -0.39 is 0 Å². The fraction of sp³-hybridized carbons (Fsp3) is 0.429. The highest BCUT2D eigenvalue weighted by Crippen LogP contribution is 2.23. The van der Waals surface area contributed by atoms with Gasteiger partial charge in [-0.3, -0.25) is 4.79 Å². The van der Waals surface area contributed by atoms with Gasteiger partial charge in [-0.15, -0.1) is 0 Å². The van der Waals surface area contributed by atoms with Crippen molar-refractivity contribution >= 4 is 28.9 Å². The lowest BCUT2D eigenvalue weighted by Gasteiger charge is -2.37. The fourth-order valence-electron chi connectivity index (χ4n) is 3.85. The van der Waals surface area contributed by atoms with E-state index in [4.69, 9.17) is 11.6 Å². The summed E-state index contributed by atoms with van der Waals surface area (Å²) in [6, 6.07) is 11.9. The molecule has 2 fully saturated rings. The van der Waals surface area contributed by atoms with E-state index in [0.29, 0.717) is 5.69 Å². The third kappa shape index (κ3) is 4.19. The van der Waals surface area contributed by atoms with Crippen LogP contribution in [0.25, 0.3) is 0 Å². The number of carbonyl (C=O) groups is 1. The van der Waals surface area contributed by atoms with Crippen LogP contribution < -0.4 is 9.80 Å². The molecule has 3 heterocycles. The lowest BCUT2D eigenvalue weighted by atomic mass is 10.1. The minimum absolute atomic E-state index is 0.0621. The van der Waals surface area contributed by atoms with Gasteiger partial charge in [0.25, 0.3) is 5.91 Å². The van der Waals surface area contributed by atoms with Gasteiger partial charge in [0.2, 0.25) is 0 Å². The first kappa shape index (κ1) is 18.1. The maximum atomic E-state index is 12.5. The highest BCUT2D eigenvalue weighted by atomic mass is 35.5. The van der Waals surface area contributed by atoms with E-state index in [2.05, 4.69) is 20.9 Å². The second-order valence-electron chi connectivity index (χ2n) is 7.21. The second-order valence-corrected chi connectivity index (χ2v) is 7.64. The first-order chi connectivity index (χ1) is 13.2. The number of piperidine rings is 1. The first-order valence-electron chi connectivity index (χ1n) is 9.71. The van der Waals surface area contributed by atoms with Gasteiger partial charge < -0.3 is 14.7 Å². The third-order valence-corrected chi connectivity index (χ3v) is 5.66. The zero-order valence-corrected chi connectivity index (χ0v) is 16.2. The molecule has 1 aromatic carbocycles. The van der Waals surface area contributed by atoms with Crippen molar-refractivity contribution in [2.75, 3.05) is 49.1 Å². The topological polar surface area (TPSA) is 39.7 Å². The largest absolute Gasteiger partial charge is 0.368 e. The summed E-state index contributed by atoms with van der Waals surface area (Å²) in [5.41, 5.74) is 2.80. The molecule has 0 radical (unpaired) electrons. The van der Waals surface area contributed by atoms with Crippen LogP contribution in [-0.4, -0.2) is 55.1 Å². The summed E-state index contributed by atoms with van der Waals surface area (Å²) < 4.78 is 0. The van der Waals surface area contributed by atoms with Crippen molar-refractivity contribution in [3.63, 3.8) is 0 Å². The predicted molar refractivity (Wildman–Crippen MR) is 110 cm³/mol. The molecule has 0 saturated carbocycles. The molecule has 142 valence electrons. The molecule has 0 aliphatic carbocycles. The Kier molecular flexibility index (Phi) is 5.48. The summed E-state index contributed by atoms with van der Waals surface area (Å²) in [6.07, 6.45) is 5.25. The molecule has 27 heavy (non-hydrogen) atoms. The minimum atomic E-state index is 0.0621. The monoisotopic (exact) mass is 384 g/mol. The molecule has 4 rings (SSSR count). The van der Waals surface area contributed by atoms with Crippen LogP contribution in [0.1, 0.15) is 29.8 Å². The minimum Gasteiger partial charge on any atom is -0.368 e. The van der Waals surface area contributed by atoms with Crippen molar-refractivity contribution in [1.29, 1.82) is 0 Å². The molecule has 2 aliphatic rings. The van der Waals surface area contributed by atoms with Gasteiger partial charge in [-0.2, -0.15) is 0 Å². The lowest BCUT2D eigenvalue weighted by molar-refractivity contribution is 0.0718. The number of nitrogens with zero attached hydrogens (tertiary/aromatic N) is 4. The van der Waals surface area contributed by atoms with Gasteiger partial charge in [-0.1, -0.05) is 17.7 Å². The molecule has 2 aromatic rings. The number of hydrogen-bond donors (Lipinski definition) is 0. The molecule has 1 amide bonds. The highest BCUT2D eigenvalue weighted by Gasteiger charge is 2.21. The average molecular weight is 385 g/mol. The number of pyridine rings is 1. The molecule has 6 heteroatoms. The zero-order valence-electron chi connectivity index (χ0n) is 15.5. The van der Waals surface area contributed by atoms with Crippen LogP contribution in [0.3, 0.4) is 0 Å². The molecular formula is C21H25ClN4O. The first-order valence-corrected chi connectivity index (χ1v) is 10.1. The molecule has 2 saturated heterocycles. The molecule has 1 aromatic heterocycles. The van der Waals surface area contributed by atoms with Crippen LogP contribution >= 0.6 is 11.6 Å². The molecule has 0 bridgehead atoms. The molecule has 0 spiro atoms. The van der Waals surface area contributed by atoms with Crippen LogP contribution in [0.15, 0.2) is 42.6 Å². The second kappa shape index (κ2) is 8.17. The van der Waals surface area contributed by atoms with Crippen molar-refractivity contribution in [3.8, 4) is 0 Å². The lowest BCUT2D eigenvalue weighted by Crippen LogP contribution is -2.46. The SMILES string of the molecule is O=C(c1ccc(N2CCN(c3cccc(Cl)c3)CC2)cn1)N1CCCCC1. The van der Waals surface area contributed by atoms with Gasteiger partial charge in [-0.05, 0) is 49.6 Å². The van der Waals surface area contributed by atoms with E-state index >= 15 is 0 Å². The summed E-state index contributed by atoms with van der Waals surface area (Å²) in [4.78, 5) is 23.6. The smallest absolute Gasteiger partial charge is 0.272 e. The number of aromatic nitrogens is 1. The van der Waals surface area contributed by atoms with Crippen molar-refractivity contribution < 1.29 is 4.79 Å². The van der Waals surface area contributed by atoms with Gasteiger partial charge in [0.15, 0.2) is 0 Å². The number of carbonyl (C=O) groups excluding carboxylic acids is 1. The van der Waals surface area contributed by atoms with Crippen LogP contribution in [0.4, 0.5) is 11.4 Å². The Bertz CT molecular complexity index is 781. The Hall–Kier alpha value is -2.27. The summed E-state index contributed by atoms with van der Waals surface area (Å²) in [5.74, 6) is 0.0621. The molecule has 0 unspecified atom stereocenters. The molecular weight excluding hydrogens is 360 g/mol. The average Bonchev–Trinajstić information content (AvgIpc) is 2.74. The van der Waals surface area contributed by atoms with Crippen LogP contribution in [0.5, 0.6) is 0 Å². The van der Waals surface area contributed by atoms with Crippen molar-refractivity contribution in [3.05, 3.63) is 53.3 Å². The standard InChI is InChI=1S/C21H25ClN4O/c22-17-5-4-6-18(15-17)24-11-13-25(14-12-24)19-7-8-20(23-16-19)21(27)26-9-2-1-3-10-26/h4-8,15-16H,1-3,9-14H2. The summed E-state index contributed by atoms with van der Waals surface area (Å²) in [6.45, 7) is 5.44. The number of likely N-dealkylation sites (tertiary alicyclic amines) is 1. The number of benzene rings is 1. The zero-order chi connectivity index (χ0) is 18.6. The predicted octanol–water partition coefficient (Wildman–Crippen LogP) is 3.69. The highest BCUT2D eigenvalue weighted by molar-refractivity contribution is 6.30. The van der Waals surface area contributed by atoms with E-state index in [-0.39, 0.29) is 5.91 Å². The summed E-state index contributed by atoms with van der Waals surface area (Å²) in [5, 5.41) is 0.771. The Morgan fingerprint density at radius 2 is 1.56 bits per heavy atom. The number of anilines is 2. The number of halogens is 1. The molecule has 0 N–H and O–H groups in total. The Morgan fingerprint density at radius 3 is 2.19 bits per heavy atom. The summed E-state index contributed by atoms with van der Waals surface area (Å²) in [7, 11) is 0. The Balaban J connectivity index is 1.36. The number of amides is 1. The molecule has 0 atom stereocenters. The van der Waals surface area contributed by atoms with Crippen LogP contribution in [0.2, 0.25) is 5.02 Å². The molecule has 5 nitrogen and oxygen atoms in total. The van der Waals surface area contributed by atoms with Gasteiger partial charge in [-0.25, -0.2) is 4.98 Å². The third-order valence-electron chi connectivity index (χ3n) is 5.43.